The van der Waals surface area contributed by atoms with Crippen molar-refractivity contribution in [3.05, 3.63) is 63.6 Å². The topological polar surface area (TPSA) is 73.9 Å². The van der Waals surface area contributed by atoms with E-state index in [0.29, 0.717) is 35.2 Å². The molecule has 0 spiro atoms. The second-order valence-corrected chi connectivity index (χ2v) is 6.06. The van der Waals surface area contributed by atoms with E-state index in [1.165, 1.54) is 7.11 Å². The summed E-state index contributed by atoms with van der Waals surface area (Å²) < 4.78 is 5.78. The van der Waals surface area contributed by atoms with Crippen molar-refractivity contribution in [1.29, 1.82) is 0 Å². The van der Waals surface area contributed by atoms with Crippen molar-refractivity contribution in [2.75, 3.05) is 7.11 Å². The molecule has 2 aromatic carbocycles. The Morgan fingerprint density at radius 1 is 1.16 bits per heavy atom. The van der Waals surface area contributed by atoms with Gasteiger partial charge < -0.3 is 15.3 Å². The number of halogens is 2. The fourth-order valence-corrected chi connectivity index (χ4v) is 2.73. The third kappa shape index (κ3) is 5.66. The van der Waals surface area contributed by atoms with Crippen LogP contribution in [-0.2, 0) is 22.7 Å². The zero-order chi connectivity index (χ0) is 18.2. The van der Waals surface area contributed by atoms with Gasteiger partial charge in [0.25, 0.3) is 5.91 Å². The number of rotatable bonds is 8. The number of hydrogen-bond acceptors (Lipinski definition) is 4. The monoisotopic (exact) mass is 380 g/mol. The van der Waals surface area contributed by atoms with Crippen molar-refractivity contribution in [2.24, 2.45) is 10.9 Å². The highest BCUT2D eigenvalue weighted by molar-refractivity contribution is 6.38. The Labute approximate surface area is 156 Å². The number of carbonyl (C=O) groups excluding carboxylic acids is 1. The van der Waals surface area contributed by atoms with Crippen LogP contribution in [-0.4, -0.2) is 18.7 Å². The summed E-state index contributed by atoms with van der Waals surface area (Å²) in [5.74, 6) is -0.0387. The Morgan fingerprint density at radius 2 is 1.88 bits per heavy atom. The van der Waals surface area contributed by atoms with Gasteiger partial charge in [-0.15, -0.1) is 0 Å². The molecule has 0 unspecified atom stereocenters. The third-order valence-electron chi connectivity index (χ3n) is 3.51. The van der Waals surface area contributed by atoms with Crippen molar-refractivity contribution in [3.63, 3.8) is 0 Å². The van der Waals surface area contributed by atoms with Gasteiger partial charge in [-0.1, -0.05) is 52.6 Å². The molecule has 0 radical (unpaired) electrons. The summed E-state index contributed by atoms with van der Waals surface area (Å²) in [7, 11) is 1.38. The highest BCUT2D eigenvalue weighted by Gasteiger charge is 2.11. The molecule has 0 aliphatic carbocycles. The van der Waals surface area contributed by atoms with Crippen molar-refractivity contribution in [3.8, 4) is 5.75 Å². The summed E-state index contributed by atoms with van der Waals surface area (Å²) in [5, 5.41) is 4.66. The average molecular weight is 381 g/mol. The molecule has 2 aromatic rings. The minimum atomic E-state index is -0.594. The summed E-state index contributed by atoms with van der Waals surface area (Å²) in [6, 6.07) is 12.8. The lowest BCUT2D eigenvalue weighted by atomic mass is 10.0. The van der Waals surface area contributed by atoms with Crippen LogP contribution in [0.5, 0.6) is 5.75 Å². The predicted octanol–water partition coefficient (Wildman–Crippen LogP) is 3.99. The molecule has 7 heteroatoms. The first-order valence-corrected chi connectivity index (χ1v) is 8.31. The van der Waals surface area contributed by atoms with Gasteiger partial charge in [0.2, 0.25) is 0 Å². The number of primary amides is 1. The first-order valence-electron chi connectivity index (χ1n) is 7.55. The smallest absolute Gasteiger partial charge is 0.266 e. The van der Waals surface area contributed by atoms with E-state index >= 15 is 0 Å². The molecule has 0 atom stereocenters. The van der Waals surface area contributed by atoms with Crippen molar-refractivity contribution >= 4 is 34.8 Å². The number of benzene rings is 2. The Bertz CT molecular complexity index is 779. The largest absolute Gasteiger partial charge is 0.487 e. The van der Waals surface area contributed by atoms with Crippen LogP contribution >= 0.6 is 23.2 Å². The van der Waals surface area contributed by atoms with Crippen LogP contribution in [0.4, 0.5) is 0 Å². The predicted molar refractivity (Wildman–Crippen MR) is 99.2 cm³/mol. The molecule has 25 heavy (non-hydrogen) atoms. The molecule has 0 saturated heterocycles. The van der Waals surface area contributed by atoms with E-state index < -0.39 is 5.91 Å². The molecule has 0 fully saturated rings. The minimum absolute atomic E-state index is 0.193. The Hall–Kier alpha value is -2.24. The molecule has 132 valence electrons. The maximum Gasteiger partial charge on any atom is 0.266 e. The number of ether oxygens (including phenoxy) is 1. The van der Waals surface area contributed by atoms with Crippen LogP contribution in [0.25, 0.3) is 0 Å². The van der Waals surface area contributed by atoms with Crippen LogP contribution in [0, 0.1) is 0 Å². The number of aryl methyl sites for hydroxylation is 1. The maximum atomic E-state index is 11.3. The molecular formula is C18H18Cl2N2O3. The van der Waals surface area contributed by atoms with E-state index in [-0.39, 0.29) is 5.71 Å². The van der Waals surface area contributed by atoms with Gasteiger partial charge in [0.05, 0.1) is 5.02 Å². The van der Waals surface area contributed by atoms with E-state index in [9.17, 15) is 4.79 Å². The molecule has 1 amide bonds. The van der Waals surface area contributed by atoms with E-state index in [1.54, 1.807) is 18.2 Å². The second kappa shape index (κ2) is 9.30. The molecular weight excluding hydrogens is 363 g/mol. The first kappa shape index (κ1) is 19.1. The van der Waals surface area contributed by atoms with Crippen LogP contribution < -0.4 is 10.5 Å². The van der Waals surface area contributed by atoms with Crippen LogP contribution in [0.1, 0.15) is 17.5 Å². The van der Waals surface area contributed by atoms with Crippen molar-refractivity contribution < 1.29 is 14.4 Å². The molecule has 5 nitrogen and oxygen atoms in total. The zero-order valence-electron chi connectivity index (χ0n) is 13.7. The van der Waals surface area contributed by atoms with Crippen LogP contribution in [0.3, 0.4) is 0 Å². The Balaban J connectivity index is 2.07. The second-order valence-electron chi connectivity index (χ2n) is 5.22. The number of amides is 1. The normalized spacial score (nSPS) is 11.2. The van der Waals surface area contributed by atoms with Crippen molar-refractivity contribution in [1.82, 2.24) is 0 Å². The highest BCUT2D eigenvalue weighted by Crippen LogP contribution is 2.28. The van der Waals surface area contributed by atoms with Gasteiger partial charge in [0.1, 0.15) is 25.2 Å². The lowest BCUT2D eigenvalue weighted by Crippen LogP contribution is -2.24. The summed E-state index contributed by atoms with van der Waals surface area (Å²) in [4.78, 5) is 16.0. The van der Waals surface area contributed by atoms with Gasteiger partial charge in [-0.05, 0) is 35.7 Å². The molecule has 0 aliphatic heterocycles. The standard InChI is InChI=1S/C18H18Cl2N2O3/c1-24-22-16(18(21)23)8-6-12-4-2-3-5-13(12)11-25-17-9-7-14(19)10-15(17)20/h2-5,7,9-10H,6,8,11H2,1H3,(H2,21,23). The van der Waals surface area contributed by atoms with Crippen LogP contribution in [0.15, 0.2) is 47.6 Å². The fourth-order valence-electron chi connectivity index (χ4n) is 2.27. The fraction of sp³-hybridized carbons (Fsp3) is 0.222. The molecule has 0 bridgehead atoms. The van der Waals surface area contributed by atoms with E-state index in [0.717, 1.165) is 11.1 Å². The highest BCUT2D eigenvalue weighted by atomic mass is 35.5. The molecule has 0 aromatic heterocycles. The molecule has 0 aliphatic rings. The molecule has 2 rings (SSSR count). The summed E-state index contributed by atoms with van der Waals surface area (Å²) in [5.41, 5.74) is 7.49. The lowest BCUT2D eigenvalue weighted by molar-refractivity contribution is -0.112. The van der Waals surface area contributed by atoms with Crippen LogP contribution in [0.2, 0.25) is 10.0 Å². The van der Waals surface area contributed by atoms with E-state index in [2.05, 4.69) is 9.99 Å². The summed E-state index contributed by atoms with van der Waals surface area (Å²) in [6.45, 7) is 0.338. The van der Waals surface area contributed by atoms with E-state index in [4.69, 9.17) is 33.7 Å². The Kier molecular flexibility index (Phi) is 7.10. The number of nitrogens with two attached hydrogens (primary N) is 1. The van der Waals surface area contributed by atoms with Gasteiger partial charge in [0.15, 0.2) is 0 Å². The molecule has 2 N–H and O–H groups in total. The minimum Gasteiger partial charge on any atom is -0.487 e. The van der Waals surface area contributed by atoms with Gasteiger partial charge in [-0.2, -0.15) is 0 Å². The van der Waals surface area contributed by atoms with Gasteiger partial charge >= 0.3 is 0 Å². The number of nitrogens with zero attached hydrogens (tertiary/aromatic N) is 1. The summed E-state index contributed by atoms with van der Waals surface area (Å²) in [6.07, 6.45) is 0.959. The molecule has 0 heterocycles. The summed E-state index contributed by atoms with van der Waals surface area (Å²) >= 11 is 12.0. The van der Waals surface area contributed by atoms with Gasteiger partial charge in [-0.3, -0.25) is 4.79 Å². The average Bonchev–Trinajstić information content (AvgIpc) is 2.58. The number of carbonyl (C=O) groups is 1. The maximum absolute atomic E-state index is 11.3. The van der Waals surface area contributed by atoms with Crippen molar-refractivity contribution in [2.45, 2.75) is 19.4 Å². The third-order valence-corrected chi connectivity index (χ3v) is 4.04. The lowest BCUT2D eigenvalue weighted by Gasteiger charge is -2.12. The number of oxime groups is 1. The van der Waals surface area contributed by atoms with Gasteiger partial charge in [-0.25, -0.2) is 0 Å². The zero-order valence-corrected chi connectivity index (χ0v) is 15.2. The van der Waals surface area contributed by atoms with Gasteiger partial charge in [0, 0.05) is 11.4 Å². The number of hydrogen-bond donors (Lipinski definition) is 1. The quantitative estimate of drug-likeness (QED) is 0.555. The molecule has 0 saturated carbocycles. The Morgan fingerprint density at radius 3 is 2.52 bits per heavy atom. The first-order chi connectivity index (χ1) is 12.0. The SMILES string of the molecule is CON=C(CCc1ccccc1COc1ccc(Cl)cc1Cl)C(N)=O. The van der Waals surface area contributed by atoms with E-state index in [1.807, 2.05) is 24.3 Å².